The summed E-state index contributed by atoms with van der Waals surface area (Å²) in [6.07, 6.45) is 5.08. The van der Waals surface area contributed by atoms with Crippen molar-refractivity contribution in [2.75, 3.05) is 0 Å². The molecule has 0 aliphatic heterocycles. The highest BCUT2D eigenvalue weighted by Gasteiger charge is 1.97. The van der Waals surface area contributed by atoms with Crippen molar-refractivity contribution in [1.29, 1.82) is 0 Å². The SMILES string of the molecule is [CH2]c1ncc(CCCC)o1. The Hall–Kier alpha value is -0.790. The molecule has 0 bridgehead atoms. The minimum absolute atomic E-state index is 0.520. The molecule has 0 fully saturated rings. The van der Waals surface area contributed by atoms with Gasteiger partial charge >= 0.3 is 0 Å². The van der Waals surface area contributed by atoms with E-state index in [1.807, 2.05) is 0 Å². The monoisotopic (exact) mass is 138 g/mol. The third-order valence-electron chi connectivity index (χ3n) is 1.38. The maximum absolute atomic E-state index is 5.16. The summed E-state index contributed by atoms with van der Waals surface area (Å²) in [6.45, 7) is 5.73. The Balaban J connectivity index is 2.42. The van der Waals surface area contributed by atoms with Gasteiger partial charge in [-0.25, -0.2) is 4.98 Å². The van der Waals surface area contributed by atoms with E-state index in [1.54, 1.807) is 6.20 Å². The third kappa shape index (κ3) is 1.87. The number of nitrogens with zero attached hydrogens (tertiary/aromatic N) is 1. The summed E-state index contributed by atoms with van der Waals surface area (Å²) < 4.78 is 5.16. The Kier molecular flexibility index (Phi) is 2.49. The molecule has 1 rings (SSSR count). The zero-order valence-corrected chi connectivity index (χ0v) is 6.26. The molecule has 0 saturated carbocycles. The molecule has 1 heterocycles. The van der Waals surface area contributed by atoms with Gasteiger partial charge < -0.3 is 4.42 Å². The highest BCUT2D eigenvalue weighted by molar-refractivity contribution is 4.95. The lowest BCUT2D eigenvalue weighted by atomic mass is 10.2. The van der Waals surface area contributed by atoms with Crippen molar-refractivity contribution in [3.8, 4) is 0 Å². The predicted octanol–water partition coefficient (Wildman–Crippen LogP) is 2.20. The summed E-state index contributed by atoms with van der Waals surface area (Å²) >= 11 is 0. The van der Waals surface area contributed by atoms with Crippen LogP contribution >= 0.6 is 0 Å². The zero-order chi connectivity index (χ0) is 7.40. The number of oxazole rings is 1. The van der Waals surface area contributed by atoms with Gasteiger partial charge in [-0.3, -0.25) is 0 Å². The van der Waals surface area contributed by atoms with E-state index in [0.717, 1.165) is 18.6 Å². The van der Waals surface area contributed by atoms with E-state index >= 15 is 0 Å². The first-order valence-electron chi connectivity index (χ1n) is 3.59. The lowest BCUT2D eigenvalue weighted by molar-refractivity contribution is 0.480. The lowest BCUT2D eigenvalue weighted by Gasteiger charge is -1.89. The van der Waals surface area contributed by atoms with E-state index < -0.39 is 0 Å². The van der Waals surface area contributed by atoms with E-state index in [4.69, 9.17) is 4.42 Å². The fourth-order valence-electron chi connectivity index (χ4n) is 0.815. The molecule has 0 spiro atoms. The number of hydrogen-bond acceptors (Lipinski definition) is 2. The van der Waals surface area contributed by atoms with E-state index in [-0.39, 0.29) is 0 Å². The number of unbranched alkanes of at least 4 members (excludes halogenated alkanes) is 1. The Morgan fingerprint density at radius 2 is 2.50 bits per heavy atom. The van der Waals surface area contributed by atoms with E-state index in [2.05, 4.69) is 18.8 Å². The maximum atomic E-state index is 5.16. The van der Waals surface area contributed by atoms with Gasteiger partial charge in [0, 0.05) is 13.3 Å². The molecule has 2 heteroatoms. The van der Waals surface area contributed by atoms with Crippen LogP contribution in [0.1, 0.15) is 31.4 Å². The van der Waals surface area contributed by atoms with Crippen molar-refractivity contribution in [2.24, 2.45) is 0 Å². The fraction of sp³-hybridized carbons (Fsp3) is 0.500. The molecular formula is C8H12NO. The van der Waals surface area contributed by atoms with Gasteiger partial charge in [-0.1, -0.05) is 13.3 Å². The Bertz CT molecular complexity index is 193. The number of rotatable bonds is 3. The summed E-state index contributed by atoms with van der Waals surface area (Å²) in [7, 11) is 0. The highest BCUT2D eigenvalue weighted by Crippen LogP contribution is 2.05. The second-order valence-electron chi connectivity index (χ2n) is 2.32. The van der Waals surface area contributed by atoms with Crippen LogP contribution in [0.15, 0.2) is 10.6 Å². The molecule has 1 radical (unpaired) electrons. The van der Waals surface area contributed by atoms with Gasteiger partial charge in [-0.05, 0) is 6.42 Å². The molecule has 1 aromatic rings. The molecule has 0 saturated heterocycles. The zero-order valence-electron chi connectivity index (χ0n) is 6.26. The van der Waals surface area contributed by atoms with Crippen molar-refractivity contribution in [3.05, 3.63) is 24.8 Å². The Morgan fingerprint density at radius 3 is 3.00 bits per heavy atom. The lowest BCUT2D eigenvalue weighted by Crippen LogP contribution is -1.78. The molecule has 2 nitrogen and oxygen atoms in total. The first-order chi connectivity index (χ1) is 4.83. The Morgan fingerprint density at radius 1 is 1.70 bits per heavy atom. The van der Waals surface area contributed by atoms with Gasteiger partial charge in [0.05, 0.1) is 6.20 Å². The van der Waals surface area contributed by atoms with Crippen molar-refractivity contribution in [3.63, 3.8) is 0 Å². The minimum atomic E-state index is 0.520. The van der Waals surface area contributed by atoms with Crippen molar-refractivity contribution in [2.45, 2.75) is 26.2 Å². The maximum Gasteiger partial charge on any atom is 0.194 e. The van der Waals surface area contributed by atoms with Crippen LogP contribution in [0, 0.1) is 6.92 Å². The summed E-state index contributed by atoms with van der Waals surface area (Å²) in [5.74, 6) is 1.47. The third-order valence-corrected chi connectivity index (χ3v) is 1.38. The van der Waals surface area contributed by atoms with Crippen molar-refractivity contribution < 1.29 is 4.42 Å². The van der Waals surface area contributed by atoms with Gasteiger partial charge in [0.25, 0.3) is 0 Å². The van der Waals surface area contributed by atoms with Crippen LogP contribution in [0.3, 0.4) is 0 Å². The number of aromatic nitrogens is 1. The van der Waals surface area contributed by atoms with E-state index in [9.17, 15) is 0 Å². The van der Waals surface area contributed by atoms with Gasteiger partial charge in [0.1, 0.15) is 5.76 Å². The second kappa shape index (κ2) is 3.40. The summed E-state index contributed by atoms with van der Waals surface area (Å²) in [4.78, 5) is 3.89. The minimum Gasteiger partial charge on any atom is -0.446 e. The number of aryl methyl sites for hydroxylation is 1. The van der Waals surface area contributed by atoms with Crippen molar-refractivity contribution in [1.82, 2.24) is 4.98 Å². The molecule has 0 N–H and O–H groups in total. The average Bonchev–Trinajstić information content (AvgIpc) is 2.31. The van der Waals surface area contributed by atoms with Crippen LogP contribution in [0.4, 0.5) is 0 Å². The van der Waals surface area contributed by atoms with Crippen LogP contribution in [0.25, 0.3) is 0 Å². The normalized spacial score (nSPS) is 10.2. The second-order valence-corrected chi connectivity index (χ2v) is 2.32. The highest BCUT2D eigenvalue weighted by atomic mass is 16.3. The van der Waals surface area contributed by atoms with Crippen LogP contribution in [-0.4, -0.2) is 4.98 Å². The molecule has 0 atom stereocenters. The molecule has 1 aromatic heterocycles. The van der Waals surface area contributed by atoms with Crippen LogP contribution in [0.2, 0.25) is 0 Å². The largest absolute Gasteiger partial charge is 0.446 e. The quantitative estimate of drug-likeness (QED) is 0.640. The summed E-state index contributed by atoms with van der Waals surface area (Å²) in [5.41, 5.74) is 0. The molecule has 0 unspecified atom stereocenters. The predicted molar refractivity (Wildman–Crippen MR) is 39.6 cm³/mol. The number of hydrogen-bond donors (Lipinski definition) is 0. The smallest absolute Gasteiger partial charge is 0.194 e. The van der Waals surface area contributed by atoms with E-state index in [0.29, 0.717) is 5.89 Å². The van der Waals surface area contributed by atoms with Crippen LogP contribution in [0.5, 0.6) is 0 Å². The van der Waals surface area contributed by atoms with Gasteiger partial charge in [-0.15, -0.1) is 0 Å². The average molecular weight is 138 g/mol. The first-order valence-corrected chi connectivity index (χ1v) is 3.59. The van der Waals surface area contributed by atoms with Gasteiger partial charge in [0.2, 0.25) is 0 Å². The molecule has 0 aromatic carbocycles. The first kappa shape index (κ1) is 7.32. The van der Waals surface area contributed by atoms with Crippen LogP contribution in [-0.2, 0) is 6.42 Å². The van der Waals surface area contributed by atoms with Crippen LogP contribution < -0.4 is 0 Å². The Labute approximate surface area is 61.3 Å². The summed E-state index contributed by atoms with van der Waals surface area (Å²) in [5, 5.41) is 0. The molecule has 0 amide bonds. The van der Waals surface area contributed by atoms with Gasteiger partial charge in [0.15, 0.2) is 5.89 Å². The molecular weight excluding hydrogens is 126 g/mol. The molecule has 10 heavy (non-hydrogen) atoms. The van der Waals surface area contributed by atoms with E-state index in [1.165, 1.54) is 6.42 Å². The fourth-order valence-corrected chi connectivity index (χ4v) is 0.815. The summed E-state index contributed by atoms with van der Waals surface area (Å²) in [6, 6.07) is 0. The standard InChI is InChI=1S/C8H12NO/c1-3-4-5-8-6-9-7(2)10-8/h6H,2-5H2,1H3. The van der Waals surface area contributed by atoms with Gasteiger partial charge in [-0.2, -0.15) is 0 Å². The van der Waals surface area contributed by atoms with Crippen molar-refractivity contribution >= 4 is 0 Å². The molecule has 0 aliphatic rings. The molecule has 0 aliphatic carbocycles. The topological polar surface area (TPSA) is 26.0 Å². The molecule has 55 valence electrons.